The molecular weight excluding hydrogens is 260 g/mol. The van der Waals surface area contributed by atoms with Crippen LogP contribution in [0.25, 0.3) is 0 Å². The quantitative estimate of drug-likeness (QED) is 0.847. The smallest absolute Gasteiger partial charge is 0.243 e. The van der Waals surface area contributed by atoms with Gasteiger partial charge >= 0.3 is 0 Å². The molecule has 1 aromatic carbocycles. The Kier molecular flexibility index (Phi) is 3.82. The Balaban J connectivity index is 2.18. The lowest BCUT2D eigenvalue weighted by Gasteiger charge is -2.39. The van der Waals surface area contributed by atoms with Gasteiger partial charge in [0.05, 0.1) is 12.1 Å². The summed E-state index contributed by atoms with van der Waals surface area (Å²) in [6.07, 6.45) is 2.31. The van der Waals surface area contributed by atoms with Crippen molar-refractivity contribution >= 4 is 17.5 Å². The van der Waals surface area contributed by atoms with Gasteiger partial charge in [0.15, 0.2) is 0 Å². The van der Waals surface area contributed by atoms with Crippen LogP contribution in [0.1, 0.15) is 37.8 Å². The molecule has 1 aromatic rings. The monoisotopic (exact) mass is 276 g/mol. The molecule has 0 spiro atoms. The van der Waals surface area contributed by atoms with Crippen molar-refractivity contribution < 1.29 is 4.79 Å². The van der Waals surface area contributed by atoms with Crippen molar-refractivity contribution in [1.29, 1.82) is 5.26 Å². The molecule has 1 amide bonds. The van der Waals surface area contributed by atoms with Crippen molar-refractivity contribution in [3.05, 3.63) is 34.9 Å². The number of nitrogens with zero attached hydrogens (tertiary/aromatic N) is 2. The molecule has 1 atom stereocenters. The van der Waals surface area contributed by atoms with Crippen LogP contribution in [0, 0.1) is 16.7 Å². The number of hydrogen-bond donors (Lipinski definition) is 0. The maximum absolute atomic E-state index is 12.4. The van der Waals surface area contributed by atoms with Crippen LogP contribution >= 0.6 is 11.6 Å². The minimum Gasteiger partial charge on any atom is -0.338 e. The molecule has 2 rings (SSSR count). The highest BCUT2D eigenvalue weighted by atomic mass is 35.5. The minimum atomic E-state index is -0.790. The fourth-order valence-corrected chi connectivity index (χ4v) is 2.61. The van der Waals surface area contributed by atoms with E-state index in [1.165, 1.54) is 0 Å². The van der Waals surface area contributed by atoms with E-state index in [1.807, 2.05) is 31.2 Å². The maximum atomic E-state index is 12.4. The molecule has 0 bridgehead atoms. The number of amides is 1. The summed E-state index contributed by atoms with van der Waals surface area (Å²) in [7, 11) is 1.76. The van der Waals surface area contributed by atoms with Gasteiger partial charge in [-0.25, -0.2) is 0 Å². The summed E-state index contributed by atoms with van der Waals surface area (Å²) in [4.78, 5) is 14.1. The zero-order valence-electron chi connectivity index (χ0n) is 11.2. The van der Waals surface area contributed by atoms with E-state index in [2.05, 4.69) is 6.07 Å². The Morgan fingerprint density at radius 1 is 1.53 bits per heavy atom. The van der Waals surface area contributed by atoms with Crippen LogP contribution in [-0.4, -0.2) is 17.9 Å². The summed E-state index contributed by atoms with van der Waals surface area (Å²) < 4.78 is 0. The number of carbonyl (C=O) groups is 1. The summed E-state index contributed by atoms with van der Waals surface area (Å²) in [6, 6.07) is 9.59. The summed E-state index contributed by atoms with van der Waals surface area (Å²) in [5.41, 5.74) is 0.192. The van der Waals surface area contributed by atoms with Crippen molar-refractivity contribution in [2.24, 2.45) is 5.41 Å². The first-order chi connectivity index (χ1) is 9.00. The third-order valence-electron chi connectivity index (χ3n) is 4.06. The second kappa shape index (κ2) is 5.22. The highest BCUT2D eigenvalue weighted by molar-refractivity contribution is 6.30. The lowest BCUT2D eigenvalue weighted by molar-refractivity contribution is -0.143. The predicted molar refractivity (Wildman–Crippen MR) is 74.5 cm³/mol. The lowest BCUT2D eigenvalue weighted by Crippen LogP contribution is -2.46. The highest BCUT2D eigenvalue weighted by Crippen LogP contribution is 2.42. The zero-order valence-corrected chi connectivity index (χ0v) is 11.9. The van der Waals surface area contributed by atoms with Crippen LogP contribution in [-0.2, 0) is 4.79 Å². The van der Waals surface area contributed by atoms with Crippen LogP contribution < -0.4 is 0 Å². The summed E-state index contributed by atoms with van der Waals surface area (Å²) in [5, 5.41) is 9.89. The molecule has 0 radical (unpaired) electrons. The van der Waals surface area contributed by atoms with Crippen LogP contribution in [0.4, 0.5) is 0 Å². The van der Waals surface area contributed by atoms with Crippen molar-refractivity contribution in [3.8, 4) is 6.07 Å². The molecule has 4 heteroatoms. The third-order valence-corrected chi connectivity index (χ3v) is 4.30. The minimum absolute atomic E-state index is 0.0753. The normalized spacial score (nSPS) is 18.0. The molecule has 0 aliphatic heterocycles. The van der Waals surface area contributed by atoms with Gasteiger partial charge in [-0.05, 0) is 43.9 Å². The van der Waals surface area contributed by atoms with Gasteiger partial charge in [0.25, 0.3) is 0 Å². The Morgan fingerprint density at radius 2 is 2.21 bits per heavy atom. The van der Waals surface area contributed by atoms with Crippen LogP contribution in [0.2, 0.25) is 5.02 Å². The van der Waals surface area contributed by atoms with E-state index >= 15 is 0 Å². The summed E-state index contributed by atoms with van der Waals surface area (Å²) in [6.45, 7) is 1.95. The van der Waals surface area contributed by atoms with E-state index < -0.39 is 5.41 Å². The molecule has 0 saturated heterocycles. The van der Waals surface area contributed by atoms with Gasteiger partial charge in [-0.1, -0.05) is 23.7 Å². The average molecular weight is 277 g/mol. The maximum Gasteiger partial charge on any atom is 0.243 e. The van der Waals surface area contributed by atoms with Gasteiger partial charge in [-0.2, -0.15) is 5.26 Å². The second-order valence-corrected chi connectivity index (χ2v) is 5.63. The molecule has 1 aliphatic rings. The van der Waals surface area contributed by atoms with E-state index in [4.69, 9.17) is 11.6 Å². The Bertz CT molecular complexity index is 531. The SMILES string of the molecule is CC(c1cccc(Cl)c1)N(C)C(=O)C1(C#N)CCC1. The molecular formula is C15H17ClN2O. The fraction of sp³-hybridized carbons (Fsp3) is 0.467. The molecule has 1 aliphatic carbocycles. The number of carbonyl (C=O) groups excluding carboxylic acids is 1. The number of benzene rings is 1. The molecule has 0 heterocycles. The highest BCUT2D eigenvalue weighted by Gasteiger charge is 2.46. The van der Waals surface area contributed by atoms with Gasteiger partial charge in [0.2, 0.25) is 5.91 Å². The first-order valence-electron chi connectivity index (χ1n) is 6.44. The van der Waals surface area contributed by atoms with E-state index in [1.54, 1.807) is 11.9 Å². The first-order valence-corrected chi connectivity index (χ1v) is 6.82. The van der Waals surface area contributed by atoms with Gasteiger partial charge in [-0.15, -0.1) is 0 Å². The third kappa shape index (κ3) is 2.46. The van der Waals surface area contributed by atoms with E-state index in [0.717, 1.165) is 12.0 Å². The topological polar surface area (TPSA) is 44.1 Å². The van der Waals surface area contributed by atoms with Crippen molar-refractivity contribution in [2.45, 2.75) is 32.2 Å². The average Bonchev–Trinajstić information content (AvgIpc) is 2.36. The first kappa shape index (κ1) is 13.9. The van der Waals surface area contributed by atoms with Gasteiger partial charge < -0.3 is 4.90 Å². The van der Waals surface area contributed by atoms with E-state index in [9.17, 15) is 10.1 Å². The largest absolute Gasteiger partial charge is 0.338 e. The van der Waals surface area contributed by atoms with E-state index in [-0.39, 0.29) is 11.9 Å². The van der Waals surface area contributed by atoms with Crippen LogP contribution in [0.15, 0.2) is 24.3 Å². The van der Waals surface area contributed by atoms with Crippen molar-refractivity contribution in [3.63, 3.8) is 0 Å². The lowest BCUT2D eigenvalue weighted by atomic mass is 9.69. The Labute approximate surface area is 118 Å². The molecule has 1 unspecified atom stereocenters. The number of rotatable bonds is 3. The van der Waals surface area contributed by atoms with Crippen LogP contribution in [0.5, 0.6) is 0 Å². The zero-order chi connectivity index (χ0) is 14.0. The van der Waals surface area contributed by atoms with Crippen LogP contribution in [0.3, 0.4) is 0 Å². The molecule has 100 valence electrons. The molecule has 1 fully saturated rings. The van der Waals surface area contributed by atoms with Gasteiger partial charge in [0.1, 0.15) is 5.41 Å². The summed E-state index contributed by atoms with van der Waals surface area (Å²) >= 11 is 5.97. The second-order valence-electron chi connectivity index (χ2n) is 5.19. The number of halogens is 1. The molecule has 3 nitrogen and oxygen atoms in total. The summed E-state index contributed by atoms with van der Waals surface area (Å²) in [5.74, 6) is -0.0753. The standard InChI is InChI=1S/C15H17ClN2O/c1-11(12-5-3-6-13(16)9-12)18(2)14(19)15(10-17)7-4-8-15/h3,5-6,9,11H,4,7-8H2,1-2H3. The Morgan fingerprint density at radius 3 is 2.68 bits per heavy atom. The molecule has 0 N–H and O–H groups in total. The van der Waals surface area contributed by atoms with Crippen molar-refractivity contribution in [1.82, 2.24) is 4.90 Å². The van der Waals surface area contributed by atoms with Gasteiger partial charge in [0, 0.05) is 12.1 Å². The molecule has 1 saturated carbocycles. The fourth-order valence-electron chi connectivity index (χ4n) is 2.41. The predicted octanol–water partition coefficient (Wildman–Crippen LogP) is 3.55. The van der Waals surface area contributed by atoms with Crippen molar-refractivity contribution in [2.75, 3.05) is 7.05 Å². The molecule has 19 heavy (non-hydrogen) atoms. The number of hydrogen-bond acceptors (Lipinski definition) is 2. The van der Waals surface area contributed by atoms with E-state index in [0.29, 0.717) is 17.9 Å². The Hall–Kier alpha value is -1.53. The van der Waals surface area contributed by atoms with Gasteiger partial charge in [-0.3, -0.25) is 4.79 Å². The molecule has 0 aromatic heterocycles. The number of nitriles is 1.